The van der Waals surface area contributed by atoms with Crippen molar-refractivity contribution in [3.05, 3.63) is 130 Å². The van der Waals surface area contributed by atoms with Crippen LogP contribution in [0.3, 0.4) is 0 Å². The molecule has 0 heterocycles. The van der Waals surface area contributed by atoms with Crippen LogP contribution in [-0.2, 0) is 55.3 Å². The van der Waals surface area contributed by atoms with Crippen LogP contribution in [0.25, 0.3) is 43.8 Å². The summed E-state index contributed by atoms with van der Waals surface area (Å²) in [6.45, 7) is 36.5. The van der Waals surface area contributed by atoms with Crippen molar-refractivity contribution in [1.29, 1.82) is 0 Å². The number of benzene rings is 4. The van der Waals surface area contributed by atoms with Gasteiger partial charge in [0.1, 0.15) is 0 Å². The Morgan fingerprint density at radius 2 is 0.804 bits per heavy atom. The Morgan fingerprint density at radius 1 is 0.500 bits per heavy atom. The van der Waals surface area contributed by atoms with Crippen LogP contribution >= 0.6 is 17.0 Å². The van der Waals surface area contributed by atoms with E-state index in [1.165, 1.54) is 77.2 Å². The van der Waals surface area contributed by atoms with Gasteiger partial charge in [0.15, 0.2) is 0 Å². The summed E-state index contributed by atoms with van der Waals surface area (Å²) in [5.74, 6) is 0. The molecule has 0 aromatic heterocycles. The molecule has 6 aromatic rings. The van der Waals surface area contributed by atoms with Crippen LogP contribution in [0, 0.1) is 0 Å². The van der Waals surface area contributed by atoms with Gasteiger partial charge in [0.2, 0.25) is 0 Å². The summed E-state index contributed by atoms with van der Waals surface area (Å²) in [6, 6.07) is 36.7. The van der Waals surface area contributed by atoms with Gasteiger partial charge in [-0.1, -0.05) is 181 Å². The van der Waals surface area contributed by atoms with E-state index >= 15 is 0 Å². The van der Waals surface area contributed by atoms with Crippen LogP contribution < -0.4 is 0 Å². The van der Waals surface area contributed by atoms with Crippen molar-refractivity contribution in [2.24, 2.45) is 0 Å². The third kappa shape index (κ3) is 11.9. The first kappa shape index (κ1) is 48.2. The Morgan fingerprint density at radius 3 is 1.07 bits per heavy atom. The molecular weight excluding hydrogens is 815 g/mol. The quantitative estimate of drug-likeness (QED) is 0.122. The second-order valence-corrected chi connectivity index (χ2v) is 23.8. The molecule has 0 spiro atoms. The van der Waals surface area contributed by atoms with Gasteiger partial charge in [-0.2, -0.15) is 12.1 Å². The summed E-state index contributed by atoms with van der Waals surface area (Å²) in [4.78, 5) is 0. The average Bonchev–Trinajstić information content (AvgIpc) is 3.77. The van der Waals surface area contributed by atoms with Crippen molar-refractivity contribution < 1.29 is 20.8 Å². The Kier molecular flexibility index (Phi) is 17.3. The number of fused-ring (bicyclic) bond motifs is 2. The van der Waals surface area contributed by atoms with E-state index in [1.807, 2.05) is 0 Å². The molecule has 298 valence electrons. The van der Waals surface area contributed by atoms with Crippen molar-refractivity contribution in [2.45, 2.75) is 145 Å². The first-order valence-electron chi connectivity index (χ1n) is 20.3. The molecule has 0 atom stereocenters. The summed E-state index contributed by atoms with van der Waals surface area (Å²) >= 11 is -0.826. The topological polar surface area (TPSA) is 0 Å². The molecule has 0 nitrogen and oxygen atoms in total. The van der Waals surface area contributed by atoms with E-state index < -0.39 is 20.8 Å². The molecule has 6 rings (SSSR count). The summed E-state index contributed by atoms with van der Waals surface area (Å²) in [6.07, 6.45) is 2.12. The molecule has 4 heteroatoms. The minimum atomic E-state index is -0.826. The Balaban J connectivity index is 0.000000264. The van der Waals surface area contributed by atoms with Gasteiger partial charge in [0, 0.05) is 9.52 Å². The predicted octanol–water partition coefficient (Wildman–Crippen LogP) is 16.9. The van der Waals surface area contributed by atoms with Gasteiger partial charge in [0.05, 0.1) is 0 Å². The summed E-state index contributed by atoms with van der Waals surface area (Å²) in [7, 11) is 11.0. The van der Waals surface area contributed by atoms with Gasteiger partial charge in [-0.25, -0.2) is 0 Å². The van der Waals surface area contributed by atoms with Crippen LogP contribution in [0.2, 0.25) is 13.1 Å². The fourth-order valence-electron chi connectivity index (χ4n) is 7.40. The number of rotatable bonds is 4. The fraction of sp³-hybridized carbons (Fsp3) is 0.423. The van der Waals surface area contributed by atoms with Crippen LogP contribution in [0.4, 0.5) is 0 Å². The van der Waals surface area contributed by atoms with Crippen molar-refractivity contribution in [3.63, 3.8) is 0 Å². The van der Waals surface area contributed by atoms with Crippen molar-refractivity contribution in [2.75, 3.05) is 0 Å². The van der Waals surface area contributed by atoms with E-state index in [-0.39, 0.29) is 21.7 Å². The Labute approximate surface area is 363 Å². The second kappa shape index (κ2) is 20.2. The maximum absolute atomic E-state index is 4.93. The van der Waals surface area contributed by atoms with Crippen molar-refractivity contribution >= 4 is 48.1 Å². The number of hydrogen-bond acceptors (Lipinski definition) is 0. The molecule has 0 fully saturated rings. The zero-order valence-electron chi connectivity index (χ0n) is 37.4. The van der Waals surface area contributed by atoms with Crippen LogP contribution in [0.5, 0.6) is 0 Å². The fourth-order valence-corrected chi connectivity index (χ4v) is 7.40. The van der Waals surface area contributed by atoms with Gasteiger partial charge in [0.25, 0.3) is 0 Å². The van der Waals surface area contributed by atoms with Gasteiger partial charge in [-0.15, -0.1) is 69.1 Å². The molecular formula is C52H68Cl2SiZr. The number of hydrogen-bond donors (Lipinski definition) is 0. The molecule has 0 saturated carbocycles. The van der Waals surface area contributed by atoms with Gasteiger partial charge in [-0.05, 0) is 56.8 Å². The third-order valence-corrected chi connectivity index (χ3v) is 10.5. The summed E-state index contributed by atoms with van der Waals surface area (Å²) < 4.78 is 0. The van der Waals surface area contributed by atoms with Crippen LogP contribution in [0.1, 0.15) is 130 Å². The first-order chi connectivity index (χ1) is 26.1. The van der Waals surface area contributed by atoms with E-state index in [4.69, 9.17) is 17.0 Å². The monoisotopic (exact) mass is 880 g/mol. The minimum absolute atomic E-state index is 0.115. The zero-order chi connectivity index (χ0) is 42.2. The van der Waals surface area contributed by atoms with E-state index in [1.54, 1.807) is 0 Å². The van der Waals surface area contributed by atoms with Crippen molar-refractivity contribution in [3.8, 4) is 22.3 Å². The number of halogens is 2. The normalized spacial score (nSPS) is 11.9. The zero-order valence-corrected chi connectivity index (χ0v) is 42.4. The molecule has 6 aromatic carbocycles. The first-order valence-corrected chi connectivity index (χ1v) is 28.6. The van der Waals surface area contributed by atoms with Gasteiger partial charge >= 0.3 is 37.9 Å². The Hall–Kier alpha value is -2.22. The maximum atomic E-state index is 4.93. The molecule has 0 unspecified atom stereocenters. The van der Waals surface area contributed by atoms with Crippen LogP contribution in [0.15, 0.2) is 97.1 Å². The van der Waals surface area contributed by atoms with E-state index in [2.05, 4.69) is 207 Å². The summed E-state index contributed by atoms with van der Waals surface area (Å²) in [5, 5.41) is 5.52. The third-order valence-electron chi connectivity index (χ3n) is 10.5. The Bertz CT molecular complexity index is 2000. The second-order valence-electron chi connectivity index (χ2n) is 19.1. The average molecular weight is 883 g/mol. The van der Waals surface area contributed by atoms with E-state index in [0.29, 0.717) is 0 Å². The van der Waals surface area contributed by atoms with Gasteiger partial charge < -0.3 is 0 Å². The SMILES string of the molecule is CCc1ccccc1-c1c(C(C)(C)C)ccc2[cH-]c(C(C)(C)C)cc12.CCc1ccccc1-c1c(C(C)(C)C)ccc2[cH-]c(C(C)(C)C)cc12.C[Si]C.[Cl][Zr+2][Cl]. The molecule has 56 heavy (non-hydrogen) atoms. The molecule has 0 bridgehead atoms. The molecule has 0 aliphatic heterocycles. The molecule has 0 aliphatic rings. The molecule has 0 saturated heterocycles. The standard InChI is InChI=1S/2C25H31.C2H6Si.2ClH.Zr/c2*1-8-17-11-9-10-12-20(17)23-21-16-19(24(2,3)4)15-18(21)13-14-22(23)25(5,6)7;1-3-2;;;/h2*9-16H,8H2,1-7H3;1-2H3;2*1H;/q2*-1;;;;+4/p-2. The molecule has 0 aliphatic carbocycles. The van der Waals surface area contributed by atoms with E-state index in [0.717, 1.165) is 22.4 Å². The van der Waals surface area contributed by atoms with Crippen molar-refractivity contribution in [1.82, 2.24) is 0 Å². The summed E-state index contributed by atoms with van der Waals surface area (Å²) in [5.41, 5.74) is 14.8. The molecule has 0 N–H and O–H groups in total. The number of aryl methyl sites for hydroxylation is 2. The van der Waals surface area contributed by atoms with Crippen LogP contribution in [-0.4, -0.2) is 9.52 Å². The molecule has 2 radical (unpaired) electrons. The van der Waals surface area contributed by atoms with Gasteiger partial charge in [-0.3, -0.25) is 0 Å². The molecule has 0 amide bonds. The predicted molar refractivity (Wildman–Crippen MR) is 253 cm³/mol. The van der Waals surface area contributed by atoms with E-state index in [9.17, 15) is 0 Å².